The first-order valence-corrected chi connectivity index (χ1v) is 11.0. The number of hydrogen-bond donors (Lipinski definition) is 1. The second-order valence-corrected chi connectivity index (χ2v) is 8.78. The third kappa shape index (κ3) is 3.83. The standard InChI is InChI=1S/C21H22FN3O3S/c1-3-23-29(26,27)18-10-4-15(5-11-18)21-19-13-28-14(2)12-20(19)25(24-21)17-8-6-16(22)7-9-17/h4-11,14,23H,3,12-13H2,1-2H3/t14-/m0/s1. The van der Waals surface area contributed by atoms with Crippen molar-refractivity contribution < 1.29 is 17.5 Å². The lowest BCUT2D eigenvalue weighted by Gasteiger charge is -2.21. The molecule has 0 radical (unpaired) electrons. The van der Waals surface area contributed by atoms with Crippen LogP contribution in [-0.2, 0) is 27.8 Å². The Kier molecular flexibility index (Phi) is 5.24. The van der Waals surface area contributed by atoms with Crippen LogP contribution in [0.5, 0.6) is 0 Å². The highest BCUT2D eigenvalue weighted by molar-refractivity contribution is 7.89. The number of sulfonamides is 1. The SMILES string of the molecule is CCNS(=O)(=O)c1ccc(-c2nn(-c3ccc(F)cc3)c3c2CO[C@@H](C)C3)cc1. The van der Waals surface area contributed by atoms with Crippen molar-refractivity contribution in [3.8, 4) is 16.9 Å². The van der Waals surface area contributed by atoms with Crippen molar-refractivity contribution in [2.45, 2.75) is 37.9 Å². The molecular formula is C21H22FN3O3S. The Bertz CT molecular complexity index is 1120. The maximum Gasteiger partial charge on any atom is 0.240 e. The Hall–Kier alpha value is -2.55. The van der Waals surface area contributed by atoms with Crippen molar-refractivity contribution in [3.63, 3.8) is 0 Å². The van der Waals surface area contributed by atoms with Crippen LogP contribution in [0.15, 0.2) is 53.4 Å². The van der Waals surface area contributed by atoms with E-state index in [1.807, 2.05) is 11.6 Å². The second-order valence-electron chi connectivity index (χ2n) is 7.01. The van der Waals surface area contributed by atoms with Crippen molar-refractivity contribution in [2.75, 3.05) is 6.54 Å². The average Bonchev–Trinajstić information content (AvgIpc) is 3.07. The molecule has 1 aromatic heterocycles. The first-order chi connectivity index (χ1) is 13.9. The van der Waals surface area contributed by atoms with Crippen LogP contribution in [-0.4, -0.2) is 30.8 Å². The molecule has 1 aliphatic rings. The van der Waals surface area contributed by atoms with Crippen LogP contribution in [0.2, 0.25) is 0 Å². The molecule has 0 fully saturated rings. The Morgan fingerprint density at radius 2 is 1.86 bits per heavy atom. The topological polar surface area (TPSA) is 73.2 Å². The highest BCUT2D eigenvalue weighted by Gasteiger charge is 2.26. The summed E-state index contributed by atoms with van der Waals surface area (Å²) in [4.78, 5) is 0.208. The molecule has 0 amide bonds. The van der Waals surface area contributed by atoms with E-state index in [0.29, 0.717) is 19.6 Å². The van der Waals surface area contributed by atoms with Gasteiger partial charge in [-0.15, -0.1) is 0 Å². The summed E-state index contributed by atoms with van der Waals surface area (Å²) in [6, 6.07) is 12.8. The lowest BCUT2D eigenvalue weighted by Crippen LogP contribution is -2.23. The summed E-state index contributed by atoms with van der Waals surface area (Å²) in [7, 11) is -3.51. The van der Waals surface area contributed by atoms with Crippen molar-refractivity contribution in [3.05, 3.63) is 65.6 Å². The van der Waals surface area contributed by atoms with Crippen LogP contribution >= 0.6 is 0 Å². The molecule has 152 valence electrons. The molecule has 2 heterocycles. The summed E-state index contributed by atoms with van der Waals surface area (Å²) >= 11 is 0. The quantitative estimate of drug-likeness (QED) is 0.693. The van der Waals surface area contributed by atoms with E-state index in [0.717, 1.165) is 28.2 Å². The minimum absolute atomic E-state index is 0.0545. The molecule has 1 aliphatic heterocycles. The summed E-state index contributed by atoms with van der Waals surface area (Å²) in [5, 5.41) is 4.77. The van der Waals surface area contributed by atoms with Crippen molar-refractivity contribution >= 4 is 10.0 Å². The molecule has 8 heteroatoms. The Labute approximate surface area is 169 Å². The molecule has 1 atom stereocenters. The second kappa shape index (κ2) is 7.70. The molecular weight excluding hydrogens is 393 g/mol. The van der Waals surface area contributed by atoms with Crippen LogP contribution < -0.4 is 4.72 Å². The average molecular weight is 415 g/mol. The van der Waals surface area contributed by atoms with Gasteiger partial charge in [0.05, 0.1) is 34.7 Å². The molecule has 4 rings (SSSR count). The van der Waals surface area contributed by atoms with Gasteiger partial charge in [-0.2, -0.15) is 5.10 Å². The zero-order valence-corrected chi connectivity index (χ0v) is 17.0. The number of ether oxygens (including phenoxy) is 1. The van der Waals surface area contributed by atoms with Gasteiger partial charge in [0.25, 0.3) is 0 Å². The van der Waals surface area contributed by atoms with E-state index in [4.69, 9.17) is 9.84 Å². The molecule has 29 heavy (non-hydrogen) atoms. The van der Waals surface area contributed by atoms with Crippen LogP contribution in [0.4, 0.5) is 4.39 Å². The van der Waals surface area contributed by atoms with Crippen LogP contribution in [0.3, 0.4) is 0 Å². The van der Waals surface area contributed by atoms with E-state index in [1.165, 1.54) is 12.1 Å². The fourth-order valence-electron chi connectivity index (χ4n) is 3.50. The number of hydrogen-bond acceptors (Lipinski definition) is 4. The van der Waals surface area contributed by atoms with Gasteiger partial charge in [0, 0.05) is 24.1 Å². The highest BCUT2D eigenvalue weighted by atomic mass is 32.2. The van der Waals surface area contributed by atoms with Gasteiger partial charge in [0.2, 0.25) is 10.0 Å². The minimum Gasteiger partial charge on any atom is -0.373 e. The molecule has 0 bridgehead atoms. The van der Waals surface area contributed by atoms with Crippen LogP contribution in [0.1, 0.15) is 25.1 Å². The molecule has 0 spiro atoms. The molecule has 3 aromatic rings. The van der Waals surface area contributed by atoms with Crippen molar-refractivity contribution in [1.82, 2.24) is 14.5 Å². The molecule has 2 aromatic carbocycles. The summed E-state index contributed by atoms with van der Waals surface area (Å²) in [5.74, 6) is -0.302. The van der Waals surface area contributed by atoms with Gasteiger partial charge in [0.15, 0.2) is 0 Å². The molecule has 6 nitrogen and oxygen atoms in total. The van der Waals surface area contributed by atoms with Gasteiger partial charge in [-0.05, 0) is 43.3 Å². The molecule has 0 aliphatic carbocycles. The number of fused-ring (bicyclic) bond motifs is 1. The van der Waals surface area contributed by atoms with E-state index in [1.54, 1.807) is 43.3 Å². The zero-order valence-electron chi connectivity index (χ0n) is 16.2. The molecule has 0 unspecified atom stereocenters. The predicted octanol–water partition coefficient (Wildman–Crippen LogP) is 3.44. The van der Waals surface area contributed by atoms with Gasteiger partial charge in [-0.25, -0.2) is 22.2 Å². The predicted molar refractivity (Wildman–Crippen MR) is 108 cm³/mol. The first-order valence-electron chi connectivity index (χ1n) is 9.47. The largest absolute Gasteiger partial charge is 0.373 e. The minimum atomic E-state index is -3.51. The Morgan fingerprint density at radius 1 is 1.17 bits per heavy atom. The number of halogens is 1. The zero-order chi connectivity index (χ0) is 20.6. The fourth-order valence-corrected chi connectivity index (χ4v) is 4.54. The maximum atomic E-state index is 13.4. The molecule has 0 saturated heterocycles. The van der Waals surface area contributed by atoms with Gasteiger partial charge in [-0.1, -0.05) is 19.1 Å². The molecule has 0 saturated carbocycles. The summed E-state index contributed by atoms with van der Waals surface area (Å²) in [6.07, 6.45) is 0.742. The van der Waals surface area contributed by atoms with Gasteiger partial charge < -0.3 is 4.74 Å². The number of aromatic nitrogens is 2. The normalized spacial score (nSPS) is 16.6. The highest BCUT2D eigenvalue weighted by Crippen LogP contribution is 2.33. The monoisotopic (exact) mass is 415 g/mol. The number of rotatable bonds is 5. The van der Waals surface area contributed by atoms with E-state index < -0.39 is 10.0 Å². The fraction of sp³-hybridized carbons (Fsp3) is 0.286. The van der Waals surface area contributed by atoms with Crippen LogP contribution in [0, 0.1) is 5.82 Å². The van der Waals surface area contributed by atoms with E-state index >= 15 is 0 Å². The third-order valence-electron chi connectivity index (χ3n) is 4.93. The Morgan fingerprint density at radius 3 is 2.52 bits per heavy atom. The summed E-state index contributed by atoms with van der Waals surface area (Å²) in [5.41, 5.74) is 4.30. The number of nitrogens with zero attached hydrogens (tertiary/aromatic N) is 2. The lowest BCUT2D eigenvalue weighted by atomic mass is 10.0. The Balaban J connectivity index is 1.78. The maximum absolute atomic E-state index is 13.4. The van der Waals surface area contributed by atoms with Crippen LogP contribution in [0.25, 0.3) is 16.9 Å². The van der Waals surface area contributed by atoms with Gasteiger partial charge in [-0.3, -0.25) is 0 Å². The van der Waals surface area contributed by atoms with E-state index in [-0.39, 0.29) is 16.8 Å². The van der Waals surface area contributed by atoms with Gasteiger partial charge >= 0.3 is 0 Å². The first kappa shape index (κ1) is 19.8. The van der Waals surface area contributed by atoms with Crippen molar-refractivity contribution in [2.24, 2.45) is 0 Å². The lowest BCUT2D eigenvalue weighted by molar-refractivity contribution is 0.0401. The number of nitrogens with one attached hydrogen (secondary N) is 1. The summed E-state index contributed by atoms with van der Waals surface area (Å²) in [6.45, 7) is 4.49. The van der Waals surface area contributed by atoms with Crippen molar-refractivity contribution in [1.29, 1.82) is 0 Å². The third-order valence-corrected chi connectivity index (χ3v) is 6.49. The van der Waals surface area contributed by atoms with E-state index in [9.17, 15) is 12.8 Å². The number of benzene rings is 2. The van der Waals surface area contributed by atoms with E-state index in [2.05, 4.69) is 4.72 Å². The molecule has 1 N–H and O–H groups in total. The summed E-state index contributed by atoms with van der Waals surface area (Å²) < 4.78 is 47.9. The van der Waals surface area contributed by atoms with Gasteiger partial charge in [0.1, 0.15) is 5.82 Å². The smallest absolute Gasteiger partial charge is 0.240 e.